The summed E-state index contributed by atoms with van der Waals surface area (Å²) in [6.07, 6.45) is 5.04. The average Bonchev–Trinajstić information content (AvgIpc) is 2.89. The van der Waals surface area contributed by atoms with Crippen LogP contribution >= 0.6 is 15.9 Å². The predicted molar refractivity (Wildman–Crippen MR) is 71.2 cm³/mol. The van der Waals surface area contributed by atoms with Crippen molar-refractivity contribution in [1.29, 1.82) is 0 Å². The molecule has 0 atom stereocenters. The molecule has 0 aliphatic rings. The van der Waals surface area contributed by atoms with Crippen LogP contribution < -0.4 is 10.6 Å². The molecule has 0 saturated heterocycles. The highest BCUT2D eigenvalue weighted by molar-refractivity contribution is 9.10. The highest BCUT2D eigenvalue weighted by atomic mass is 79.9. The lowest BCUT2D eigenvalue weighted by Crippen LogP contribution is -2.24. The molecule has 2 heterocycles. The molecular weight excluding hydrogens is 298 g/mol. The predicted octanol–water partition coefficient (Wildman–Crippen LogP) is 1.54. The van der Waals surface area contributed by atoms with Gasteiger partial charge >= 0.3 is 0 Å². The molecule has 0 saturated carbocycles. The summed E-state index contributed by atoms with van der Waals surface area (Å²) in [4.78, 5) is 16.2. The molecule has 0 aliphatic carbocycles. The van der Waals surface area contributed by atoms with Crippen LogP contribution in [0.5, 0.6) is 0 Å². The van der Waals surface area contributed by atoms with E-state index < -0.39 is 0 Å². The number of amides is 1. The molecular formula is C11H12BrN5O. The standard InChI is InChI=1S/C11H12BrN5O/c1-13-10-9(2-8(12)6-14-10)11(18)15-3-7-4-16-17-5-7/h2,4-6H,3H2,1H3,(H,13,14)(H,15,18)(H,16,17). The maximum absolute atomic E-state index is 12.0. The molecule has 0 spiro atoms. The van der Waals surface area contributed by atoms with Gasteiger partial charge in [-0.1, -0.05) is 0 Å². The molecule has 18 heavy (non-hydrogen) atoms. The van der Waals surface area contributed by atoms with Gasteiger partial charge in [0.05, 0.1) is 11.8 Å². The third-order valence-corrected chi connectivity index (χ3v) is 2.78. The second kappa shape index (κ2) is 5.63. The van der Waals surface area contributed by atoms with Gasteiger partial charge in [-0.25, -0.2) is 4.98 Å². The number of pyridine rings is 1. The van der Waals surface area contributed by atoms with Crippen molar-refractivity contribution >= 4 is 27.7 Å². The van der Waals surface area contributed by atoms with E-state index in [1.54, 1.807) is 31.7 Å². The van der Waals surface area contributed by atoms with Crippen LogP contribution in [0, 0.1) is 0 Å². The third kappa shape index (κ3) is 2.86. The number of carbonyl (C=O) groups excluding carboxylic acids is 1. The van der Waals surface area contributed by atoms with Gasteiger partial charge in [0.15, 0.2) is 0 Å². The number of aromatic amines is 1. The Labute approximate surface area is 112 Å². The van der Waals surface area contributed by atoms with Crippen molar-refractivity contribution in [2.45, 2.75) is 6.54 Å². The number of anilines is 1. The first-order valence-corrected chi connectivity index (χ1v) is 6.09. The Hall–Kier alpha value is -1.89. The van der Waals surface area contributed by atoms with Gasteiger partial charge in [-0.05, 0) is 22.0 Å². The normalized spacial score (nSPS) is 10.1. The summed E-state index contributed by atoms with van der Waals surface area (Å²) in [5.41, 5.74) is 1.41. The number of rotatable bonds is 4. The molecule has 0 aromatic carbocycles. The highest BCUT2D eigenvalue weighted by Crippen LogP contribution is 2.17. The average molecular weight is 310 g/mol. The fourth-order valence-corrected chi connectivity index (χ4v) is 1.79. The minimum atomic E-state index is -0.186. The van der Waals surface area contributed by atoms with E-state index in [2.05, 4.69) is 41.7 Å². The van der Waals surface area contributed by atoms with E-state index in [0.29, 0.717) is 17.9 Å². The van der Waals surface area contributed by atoms with Crippen molar-refractivity contribution in [3.8, 4) is 0 Å². The van der Waals surface area contributed by atoms with Crippen LogP contribution in [0.25, 0.3) is 0 Å². The lowest BCUT2D eigenvalue weighted by molar-refractivity contribution is 0.0951. The van der Waals surface area contributed by atoms with E-state index in [0.717, 1.165) is 10.0 Å². The summed E-state index contributed by atoms with van der Waals surface area (Å²) in [7, 11) is 1.73. The Balaban J connectivity index is 2.10. The number of aromatic nitrogens is 3. The highest BCUT2D eigenvalue weighted by Gasteiger charge is 2.12. The maximum Gasteiger partial charge on any atom is 0.255 e. The van der Waals surface area contributed by atoms with Crippen LogP contribution in [-0.2, 0) is 6.54 Å². The van der Waals surface area contributed by atoms with Crippen LogP contribution in [0.3, 0.4) is 0 Å². The Morgan fingerprint density at radius 2 is 2.33 bits per heavy atom. The molecule has 0 fully saturated rings. The monoisotopic (exact) mass is 309 g/mol. The van der Waals surface area contributed by atoms with E-state index in [4.69, 9.17) is 0 Å². The first-order chi connectivity index (χ1) is 8.70. The molecule has 0 bridgehead atoms. The quantitative estimate of drug-likeness (QED) is 0.800. The van der Waals surface area contributed by atoms with Crippen LogP contribution in [-0.4, -0.2) is 28.1 Å². The van der Waals surface area contributed by atoms with Gasteiger partial charge in [-0.15, -0.1) is 0 Å². The summed E-state index contributed by atoms with van der Waals surface area (Å²) < 4.78 is 0.759. The first-order valence-electron chi connectivity index (χ1n) is 5.30. The van der Waals surface area contributed by atoms with Gasteiger partial charge in [0.2, 0.25) is 0 Å². The first kappa shape index (κ1) is 12.6. The van der Waals surface area contributed by atoms with Crippen molar-refractivity contribution in [3.05, 3.63) is 40.3 Å². The molecule has 1 amide bonds. The molecule has 2 aromatic rings. The zero-order chi connectivity index (χ0) is 13.0. The van der Waals surface area contributed by atoms with Crippen molar-refractivity contribution in [2.24, 2.45) is 0 Å². The Morgan fingerprint density at radius 3 is 3.00 bits per heavy atom. The Bertz CT molecular complexity index is 540. The van der Waals surface area contributed by atoms with Gasteiger partial charge in [-0.2, -0.15) is 5.10 Å². The van der Waals surface area contributed by atoms with Crippen molar-refractivity contribution in [1.82, 2.24) is 20.5 Å². The molecule has 7 heteroatoms. The minimum absolute atomic E-state index is 0.186. The van der Waals surface area contributed by atoms with Gasteiger partial charge in [-0.3, -0.25) is 9.89 Å². The van der Waals surface area contributed by atoms with E-state index in [1.165, 1.54) is 0 Å². The topological polar surface area (TPSA) is 82.7 Å². The van der Waals surface area contributed by atoms with Gasteiger partial charge in [0, 0.05) is 36.0 Å². The third-order valence-electron chi connectivity index (χ3n) is 2.34. The summed E-state index contributed by atoms with van der Waals surface area (Å²) in [5.74, 6) is 0.359. The molecule has 0 radical (unpaired) electrons. The number of hydrogen-bond acceptors (Lipinski definition) is 4. The molecule has 2 rings (SSSR count). The number of H-pyrrole nitrogens is 1. The van der Waals surface area contributed by atoms with Crippen LogP contribution in [0.2, 0.25) is 0 Å². The summed E-state index contributed by atoms with van der Waals surface area (Å²) >= 11 is 3.30. The molecule has 0 aliphatic heterocycles. The molecule has 6 nitrogen and oxygen atoms in total. The molecule has 94 valence electrons. The lowest BCUT2D eigenvalue weighted by atomic mass is 10.2. The number of nitrogens with zero attached hydrogens (tertiary/aromatic N) is 2. The SMILES string of the molecule is CNc1ncc(Br)cc1C(=O)NCc1cn[nH]c1. The zero-order valence-corrected chi connectivity index (χ0v) is 11.3. The van der Waals surface area contributed by atoms with Crippen LogP contribution in [0.15, 0.2) is 29.1 Å². The van der Waals surface area contributed by atoms with E-state index in [9.17, 15) is 4.79 Å². The van der Waals surface area contributed by atoms with Gasteiger partial charge < -0.3 is 10.6 Å². The number of carbonyl (C=O) groups is 1. The Morgan fingerprint density at radius 1 is 1.50 bits per heavy atom. The Kier molecular flexibility index (Phi) is 3.93. The second-order valence-electron chi connectivity index (χ2n) is 3.59. The van der Waals surface area contributed by atoms with Gasteiger partial charge in [0.25, 0.3) is 5.91 Å². The lowest BCUT2D eigenvalue weighted by Gasteiger charge is -2.08. The van der Waals surface area contributed by atoms with E-state index >= 15 is 0 Å². The largest absolute Gasteiger partial charge is 0.372 e. The number of nitrogens with one attached hydrogen (secondary N) is 3. The summed E-state index contributed by atoms with van der Waals surface area (Å²) in [6.45, 7) is 0.422. The molecule has 2 aromatic heterocycles. The summed E-state index contributed by atoms with van der Waals surface area (Å²) in [6, 6.07) is 1.73. The summed E-state index contributed by atoms with van der Waals surface area (Å²) in [5, 5.41) is 12.2. The molecule has 0 unspecified atom stereocenters. The zero-order valence-electron chi connectivity index (χ0n) is 9.70. The van der Waals surface area contributed by atoms with Crippen LogP contribution in [0.4, 0.5) is 5.82 Å². The van der Waals surface area contributed by atoms with E-state index in [-0.39, 0.29) is 5.91 Å². The van der Waals surface area contributed by atoms with Crippen LogP contribution in [0.1, 0.15) is 15.9 Å². The van der Waals surface area contributed by atoms with Crippen molar-refractivity contribution in [2.75, 3.05) is 12.4 Å². The minimum Gasteiger partial charge on any atom is -0.372 e. The number of halogens is 1. The van der Waals surface area contributed by atoms with Crippen molar-refractivity contribution < 1.29 is 4.79 Å². The van der Waals surface area contributed by atoms with E-state index in [1.807, 2.05) is 0 Å². The molecule has 3 N–H and O–H groups in total. The van der Waals surface area contributed by atoms with Crippen molar-refractivity contribution in [3.63, 3.8) is 0 Å². The van der Waals surface area contributed by atoms with Gasteiger partial charge in [0.1, 0.15) is 5.82 Å². The fraction of sp³-hybridized carbons (Fsp3) is 0.182. The maximum atomic E-state index is 12.0. The smallest absolute Gasteiger partial charge is 0.255 e. The number of hydrogen-bond donors (Lipinski definition) is 3. The fourth-order valence-electron chi connectivity index (χ4n) is 1.46. The second-order valence-corrected chi connectivity index (χ2v) is 4.50.